The van der Waals surface area contributed by atoms with Crippen molar-refractivity contribution in [2.75, 3.05) is 13.1 Å². The van der Waals surface area contributed by atoms with Crippen LogP contribution in [0.15, 0.2) is 22.7 Å². The molecule has 24 heavy (non-hydrogen) atoms. The van der Waals surface area contributed by atoms with E-state index in [4.69, 9.17) is 5.11 Å². The number of nitrogens with zero attached hydrogens (tertiary/aromatic N) is 1. The lowest BCUT2D eigenvalue weighted by Gasteiger charge is -2.33. The van der Waals surface area contributed by atoms with Crippen LogP contribution >= 0.6 is 15.9 Å². The predicted molar refractivity (Wildman–Crippen MR) is 93.0 cm³/mol. The van der Waals surface area contributed by atoms with E-state index in [1.807, 2.05) is 13.8 Å². The molecule has 1 aromatic carbocycles. The minimum atomic E-state index is -1.07. The van der Waals surface area contributed by atoms with E-state index in [9.17, 15) is 14.4 Å². The Labute approximate surface area is 149 Å². The first-order valence-electron chi connectivity index (χ1n) is 7.91. The summed E-state index contributed by atoms with van der Waals surface area (Å²) >= 11 is 3.24. The zero-order chi connectivity index (χ0) is 17.9. The summed E-state index contributed by atoms with van der Waals surface area (Å²) in [5, 5.41) is 12.1. The van der Waals surface area contributed by atoms with Crippen LogP contribution in [-0.2, 0) is 4.79 Å². The van der Waals surface area contributed by atoms with Crippen molar-refractivity contribution >= 4 is 33.7 Å². The molecular weight excluding hydrogens is 376 g/mol. The average Bonchev–Trinajstić information content (AvgIpc) is 2.54. The van der Waals surface area contributed by atoms with Gasteiger partial charge in [0.05, 0.1) is 5.56 Å². The van der Waals surface area contributed by atoms with Gasteiger partial charge in [0.2, 0.25) is 5.91 Å². The molecule has 2 amide bonds. The van der Waals surface area contributed by atoms with Gasteiger partial charge in [0.15, 0.2) is 0 Å². The summed E-state index contributed by atoms with van der Waals surface area (Å²) < 4.78 is 0.560. The molecule has 0 spiro atoms. The summed E-state index contributed by atoms with van der Waals surface area (Å²) in [6.45, 7) is 4.77. The monoisotopic (exact) mass is 396 g/mol. The summed E-state index contributed by atoms with van der Waals surface area (Å²) in [4.78, 5) is 37.1. The fourth-order valence-corrected chi connectivity index (χ4v) is 3.11. The Balaban J connectivity index is 2.00. The van der Waals surface area contributed by atoms with Crippen LogP contribution < -0.4 is 5.32 Å². The lowest BCUT2D eigenvalue weighted by atomic mass is 10.0. The highest BCUT2D eigenvalue weighted by Gasteiger charge is 2.25. The molecule has 130 valence electrons. The Morgan fingerprint density at radius 3 is 2.29 bits per heavy atom. The number of hydrogen-bond acceptors (Lipinski definition) is 3. The third-order valence-corrected chi connectivity index (χ3v) is 4.50. The molecule has 0 saturated carbocycles. The third-order valence-electron chi connectivity index (χ3n) is 4.04. The Morgan fingerprint density at radius 1 is 1.17 bits per heavy atom. The summed E-state index contributed by atoms with van der Waals surface area (Å²) in [5.74, 6) is -1.29. The number of rotatable bonds is 4. The summed E-state index contributed by atoms with van der Waals surface area (Å²) in [6.07, 6.45) is 1.40. The maximum atomic E-state index is 12.6. The number of carboxylic acid groups (broad SMARTS) is 1. The number of nitrogens with one attached hydrogen (secondary N) is 1. The lowest BCUT2D eigenvalue weighted by molar-refractivity contribution is -0.124. The molecule has 0 aromatic heterocycles. The van der Waals surface area contributed by atoms with E-state index in [1.54, 1.807) is 11.0 Å². The van der Waals surface area contributed by atoms with Crippen LogP contribution in [0.3, 0.4) is 0 Å². The van der Waals surface area contributed by atoms with Crippen LogP contribution in [0.5, 0.6) is 0 Å². The molecule has 1 saturated heterocycles. The molecule has 0 aliphatic carbocycles. The minimum Gasteiger partial charge on any atom is -0.478 e. The third kappa shape index (κ3) is 4.56. The first kappa shape index (κ1) is 18.4. The van der Waals surface area contributed by atoms with Crippen molar-refractivity contribution in [3.05, 3.63) is 33.8 Å². The van der Waals surface area contributed by atoms with Crippen LogP contribution in [-0.4, -0.2) is 46.9 Å². The Hall–Kier alpha value is -1.89. The number of carbonyl (C=O) groups is 3. The van der Waals surface area contributed by atoms with Crippen LogP contribution in [0.4, 0.5) is 0 Å². The number of likely N-dealkylation sites (tertiary alicyclic amines) is 1. The van der Waals surface area contributed by atoms with Crippen molar-refractivity contribution in [1.29, 1.82) is 0 Å². The van der Waals surface area contributed by atoms with Gasteiger partial charge in [-0.3, -0.25) is 9.59 Å². The number of amides is 2. The molecule has 1 aromatic rings. The van der Waals surface area contributed by atoms with Crippen molar-refractivity contribution in [3.8, 4) is 0 Å². The fourth-order valence-electron chi connectivity index (χ4n) is 2.61. The van der Waals surface area contributed by atoms with Crippen molar-refractivity contribution in [3.63, 3.8) is 0 Å². The molecule has 1 aliphatic rings. The second kappa shape index (κ2) is 7.79. The highest BCUT2D eigenvalue weighted by Crippen LogP contribution is 2.20. The van der Waals surface area contributed by atoms with Gasteiger partial charge in [-0.2, -0.15) is 0 Å². The molecule has 1 aliphatic heterocycles. The number of hydrogen-bond donors (Lipinski definition) is 2. The topological polar surface area (TPSA) is 86.7 Å². The van der Waals surface area contributed by atoms with E-state index in [1.165, 1.54) is 12.1 Å². The molecule has 2 rings (SSSR count). The smallest absolute Gasteiger partial charge is 0.335 e. The second-order valence-corrected chi connectivity index (χ2v) is 7.18. The lowest BCUT2D eigenvalue weighted by Crippen LogP contribution is -2.47. The Morgan fingerprint density at radius 2 is 1.75 bits per heavy atom. The number of piperidine rings is 1. The highest BCUT2D eigenvalue weighted by molar-refractivity contribution is 9.10. The van der Waals surface area contributed by atoms with Gasteiger partial charge in [0.1, 0.15) is 0 Å². The second-order valence-electron chi connectivity index (χ2n) is 6.26. The highest BCUT2D eigenvalue weighted by atomic mass is 79.9. The SMILES string of the molecule is CC(C)C(=O)NC1CCN(C(=O)c2cc(Br)cc(C(=O)O)c2)CC1. The number of carboxylic acids is 1. The van der Waals surface area contributed by atoms with E-state index in [0.717, 1.165) is 0 Å². The quantitative estimate of drug-likeness (QED) is 0.818. The van der Waals surface area contributed by atoms with Gasteiger partial charge in [-0.15, -0.1) is 0 Å². The molecule has 1 fully saturated rings. The van der Waals surface area contributed by atoms with Crippen LogP contribution in [0.2, 0.25) is 0 Å². The van der Waals surface area contributed by atoms with Crippen LogP contribution in [0, 0.1) is 5.92 Å². The number of carbonyl (C=O) groups excluding carboxylic acids is 2. The first-order valence-corrected chi connectivity index (χ1v) is 8.70. The van der Waals surface area contributed by atoms with Crippen molar-refractivity contribution in [1.82, 2.24) is 10.2 Å². The van der Waals surface area contributed by atoms with Crippen LogP contribution in [0.1, 0.15) is 47.4 Å². The number of aromatic carboxylic acids is 1. The van der Waals surface area contributed by atoms with Gasteiger partial charge in [-0.1, -0.05) is 29.8 Å². The van der Waals surface area contributed by atoms with E-state index >= 15 is 0 Å². The molecule has 2 N–H and O–H groups in total. The summed E-state index contributed by atoms with van der Waals surface area (Å²) in [5.41, 5.74) is 0.429. The minimum absolute atomic E-state index is 0.0258. The van der Waals surface area contributed by atoms with Gasteiger partial charge in [-0.25, -0.2) is 4.79 Å². The number of halogens is 1. The van der Waals surface area contributed by atoms with E-state index in [-0.39, 0.29) is 29.3 Å². The van der Waals surface area contributed by atoms with E-state index < -0.39 is 5.97 Å². The molecular formula is C17H21BrN2O4. The van der Waals surface area contributed by atoms with Gasteiger partial charge in [-0.05, 0) is 31.0 Å². The van der Waals surface area contributed by atoms with Crippen molar-refractivity contribution in [2.24, 2.45) is 5.92 Å². The van der Waals surface area contributed by atoms with Crippen molar-refractivity contribution < 1.29 is 19.5 Å². The average molecular weight is 397 g/mol. The molecule has 0 unspecified atom stereocenters. The van der Waals surface area contributed by atoms with E-state index in [2.05, 4.69) is 21.2 Å². The zero-order valence-electron chi connectivity index (χ0n) is 13.7. The van der Waals surface area contributed by atoms with Crippen molar-refractivity contribution in [2.45, 2.75) is 32.7 Å². The Bertz CT molecular complexity index is 652. The molecule has 0 atom stereocenters. The first-order chi connectivity index (χ1) is 11.3. The molecule has 6 nitrogen and oxygen atoms in total. The van der Waals surface area contributed by atoms with Gasteiger partial charge >= 0.3 is 5.97 Å². The molecule has 0 bridgehead atoms. The summed E-state index contributed by atoms with van der Waals surface area (Å²) in [6, 6.07) is 4.57. The van der Waals surface area contributed by atoms with Crippen LogP contribution in [0.25, 0.3) is 0 Å². The molecule has 0 radical (unpaired) electrons. The Kier molecular flexibility index (Phi) is 5.99. The van der Waals surface area contributed by atoms with E-state index in [0.29, 0.717) is 36.0 Å². The molecule has 7 heteroatoms. The maximum absolute atomic E-state index is 12.6. The maximum Gasteiger partial charge on any atom is 0.335 e. The largest absolute Gasteiger partial charge is 0.478 e. The predicted octanol–water partition coefficient (Wildman–Crippen LogP) is 2.52. The van der Waals surface area contributed by atoms with Gasteiger partial charge < -0.3 is 15.3 Å². The fraction of sp³-hybridized carbons (Fsp3) is 0.471. The number of benzene rings is 1. The normalized spacial score (nSPS) is 15.4. The standard InChI is InChI=1S/C17H21BrN2O4/c1-10(2)15(21)19-14-3-5-20(6-4-14)16(22)11-7-12(17(23)24)9-13(18)8-11/h7-10,14H,3-6H2,1-2H3,(H,19,21)(H,23,24). The zero-order valence-corrected chi connectivity index (χ0v) is 15.3. The van der Waals surface area contributed by atoms with Gasteiger partial charge in [0, 0.05) is 35.1 Å². The van der Waals surface area contributed by atoms with Gasteiger partial charge in [0.25, 0.3) is 5.91 Å². The summed E-state index contributed by atoms with van der Waals surface area (Å²) in [7, 11) is 0. The molecule has 1 heterocycles.